The molecule has 1 rings (SSSR count). The number of imidazole rings is 1. The van der Waals surface area contributed by atoms with Gasteiger partial charge in [-0.3, -0.25) is 5.32 Å². The Morgan fingerprint density at radius 3 is 2.93 bits per heavy atom. The highest BCUT2D eigenvalue weighted by Gasteiger charge is 2.10. The van der Waals surface area contributed by atoms with Crippen LogP contribution in [0.5, 0.6) is 0 Å². The SMILES string of the molecule is CCc1nccn1C(C)NC(C)C#N. The Morgan fingerprint density at radius 1 is 1.64 bits per heavy atom. The predicted octanol–water partition coefficient (Wildman–Crippen LogP) is 1.47. The van der Waals surface area contributed by atoms with Gasteiger partial charge in [0.2, 0.25) is 0 Å². The third kappa shape index (κ3) is 2.33. The second-order valence-electron chi connectivity index (χ2n) is 3.30. The van der Waals surface area contributed by atoms with E-state index in [1.165, 1.54) is 0 Å². The number of hydrogen-bond acceptors (Lipinski definition) is 3. The fourth-order valence-corrected chi connectivity index (χ4v) is 1.45. The second kappa shape index (κ2) is 4.77. The van der Waals surface area contributed by atoms with Crippen molar-refractivity contribution in [2.24, 2.45) is 0 Å². The minimum atomic E-state index is -0.142. The molecule has 1 N–H and O–H groups in total. The van der Waals surface area contributed by atoms with E-state index in [4.69, 9.17) is 5.26 Å². The molecule has 0 spiro atoms. The van der Waals surface area contributed by atoms with Crippen LogP contribution in [0.4, 0.5) is 0 Å². The van der Waals surface area contributed by atoms with E-state index in [1.54, 1.807) is 6.20 Å². The van der Waals surface area contributed by atoms with Gasteiger partial charge in [-0.2, -0.15) is 5.26 Å². The van der Waals surface area contributed by atoms with Crippen LogP contribution in [0.15, 0.2) is 12.4 Å². The number of hydrogen-bond donors (Lipinski definition) is 1. The second-order valence-corrected chi connectivity index (χ2v) is 3.30. The molecule has 0 saturated heterocycles. The Bertz CT molecular complexity index is 323. The summed E-state index contributed by atoms with van der Waals surface area (Å²) in [7, 11) is 0. The van der Waals surface area contributed by atoms with Crippen LogP contribution in [0.2, 0.25) is 0 Å². The van der Waals surface area contributed by atoms with Crippen LogP contribution < -0.4 is 5.32 Å². The molecule has 4 heteroatoms. The first-order valence-corrected chi connectivity index (χ1v) is 4.86. The normalized spacial score (nSPS) is 14.7. The molecule has 0 aromatic carbocycles. The number of aryl methyl sites for hydroxylation is 1. The molecule has 0 radical (unpaired) electrons. The van der Waals surface area contributed by atoms with Crippen molar-refractivity contribution in [3.05, 3.63) is 18.2 Å². The van der Waals surface area contributed by atoms with E-state index in [1.807, 2.05) is 24.6 Å². The average Bonchev–Trinajstić information content (AvgIpc) is 2.65. The van der Waals surface area contributed by atoms with Gasteiger partial charge in [-0.1, -0.05) is 6.92 Å². The van der Waals surface area contributed by atoms with E-state index in [0.29, 0.717) is 0 Å². The number of nitrogens with one attached hydrogen (secondary N) is 1. The molecule has 0 aliphatic rings. The quantitative estimate of drug-likeness (QED) is 0.785. The van der Waals surface area contributed by atoms with Crippen LogP contribution in [-0.4, -0.2) is 15.6 Å². The lowest BCUT2D eigenvalue weighted by molar-refractivity contribution is 0.408. The first kappa shape index (κ1) is 10.7. The van der Waals surface area contributed by atoms with Gasteiger partial charge in [-0.05, 0) is 13.8 Å². The van der Waals surface area contributed by atoms with Gasteiger partial charge < -0.3 is 4.57 Å². The van der Waals surface area contributed by atoms with Crippen LogP contribution in [-0.2, 0) is 6.42 Å². The molecule has 0 aliphatic carbocycles. The fourth-order valence-electron chi connectivity index (χ4n) is 1.45. The molecule has 0 bridgehead atoms. The third-order valence-corrected chi connectivity index (χ3v) is 2.17. The lowest BCUT2D eigenvalue weighted by Gasteiger charge is -2.18. The van der Waals surface area contributed by atoms with Crippen LogP contribution >= 0.6 is 0 Å². The van der Waals surface area contributed by atoms with Gasteiger partial charge in [0.05, 0.1) is 18.3 Å². The standard InChI is InChI=1S/C10H16N4/c1-4-10-12-5-6-14(10)9(3)13-8(2)7-11/h5-6,8-9,13H,4H2,1-3H3. The van der Waals surface area contributed by atoms with Gasteiger partial charge in [-0.15, -0.1) is 0 Å². The van der Waals surface area contributed by atoms with E-state index >= 15 is 0 Å². The predicted molar refractivity (Wildman–Crippen MR) is 54.5 cm³/mol. The minimum absolute atomic E-state index is 0.113. The Hall–Kier alpha value is -1.34. The van der Waals surface area contributed by atoms with Crippen molar-refractivity contribution >= 4 is 0 Å². The Kier molecular flexibility index (Phi) is 3.66. The summed E-state index contributed by atoms with van der Waals surface area (Å²) in [6.45, 7) is 5.94. The fraction of sp³-hybridized carbons (Fsp3) is 0.600. The molecule has 4 nitrogen and oxygen atoms in total. The minimum Gasteiger partial charge on any atom is -0.319 e. The number of aromatic nitrogens is 2. The number of nitrogens with zero attached hydrogens (tertiary/aromatic N) is 3. The maximum Gasteiger partial charge on any atom is 0.109 e. The Balaban J connectivity index is 2.70. The summed E-state index contributed by atoms with van der Waals surface area (Å²) in [6, 6.07) is 2.01. The van der Waals surface area contributed by atoms with Crippen LogP contribution in [0.3, 0.4) is 0 Å². The zero-order valence-electron chi connectivity index (χ0n) is 8.86. The maximum absolute atomic E-state index is 8.67. The first-order valence-electron chi connectivity index (χ1n) is 4.86. The largest absolute Gasteiger partial charge is 0.319 e. The van der Waals surface area contributed by atoms with E-state index in [2.05, 4.69) is 23.3 Å². The monoisotopic (exact) mass is 192 g/mol. The highest BCUT2D eigenvalue weighted by molar-refractivity contribution is 4.95. The molecule has 0 fully saturated rings. The smallest absolute Gasteiger partial charge is 0.109 e. The molecule has 1 aromatic rings. The number of rotatable bonds is 4. The highest BCUT2D eigenvalue weighted by atomic mass is 15.2. The Labute approximate surface area is 84.6 Å². The average molecular weight is 192 g/mol. The lowest BCUT2D eigenvalue weighted by Crippen LogP contribution is -2.31. The van der Waals surface area contributed by atoms with E-state index in [-0.39, 0.29) is 12.2 Å². The summed E-state index contributed by atoms with van der Waals surface area (Å²) < 4.78 is 2.05. The molecule has 2 unspecified atom stereocenters. The molecule has 0 saturated carbocycles. The van der Waals surface area contributed by atoms with Crippen molar-refractivity contribution in [2.45, 2.75) is 39.4 Å². The summed E-state index contributed by atoms with van der Waals surface area (Å²) in [5.41, 5.74) is 0. The van der Waals surface area contributed by atoms with Crippen LogP contribution in [0.25, 0.3) is 0 Å². The lowest BCUT2D eigenvalue weighted by atomic mass is 10.3. The molecule has 14 heavy (non-hydrogen) atoms. The highest BCUT2D eigenvalue weighted by Crippen LogP contribution is 2.07. The molecule has 2 atom stereocenters. The van der Waals surface area contributed by atoms with Crippen molar-refractivity contribution in [3.8, 4) is 6.07 Å². The van der Waals surface area contributed by atoms with Gasteiger partial charge in [-0.25, -0.2) is 4.98 Å². The van der Waals surface area contributed by atoms with Crippen molar-refractivity contribution < 1.29 is 0 Å². The first-order chi connectivity index (χ1) is 6.69. The van der Waals surface area contributed by atoms with Gasteiger partial charge in [0.1, 0.15) is 5.82 Å². The van der Waals surface area contributed by atoms with E-state index in [0.717, 1.165) is 12.2 Å². The van der Waals surface area contributed by atoms with Gasteiger partial charge in [0, 0.05) is 18.8 Å². The van der Waals surface area contributed by atoms with Crippen LogP contribution in [0.1, 0.15) is 32.8 Å². The van der Waals surface area contributed by atoms with Gasteiger partial charge in [0.25, 0.3) is 0 Å². The van der Waals surface area contributed by atoms with Crippen molar-refractivity contribution in [2.75, 3.05) is 0 Å². The molecular weight excluding hydrogens is 176 g/mol. The summed E-state index contributed by atoms with van der Waals surface area (Å²) in [5, 5.41) is 11.8. The van der Waals surface area contributed by atoms with Gasteiger partial charge >= 0.3 is 0 Å². The van der Waals surface area contributed by atoms with Crippen molar-refractivity contribution in [1.82, 2.24) is 14.9 Å². The third-order valence-electron chi connectivity index (χ3n) is 2.17. The maximum atomic E-state index is 8.67. The Morgan fingerprint density at radius 2 is 2.36 bits per heavy atom. The molecule has 76 valence electrons. The molecule has 0 amide bonds. The molecule has 1 heterocycles. The zero-order valence-corrected chi connectivity index (χ0v) is 8.86. The summed E-state index contributed by atoms with van der Waals surface area (Å²) in [6.07, 6.45) is 4.73. The number of nitriles is 1. The van der Waals surface area contributed by atoms with E-state index in [9.17, 15) is 0 Å². The summed E-state index contributed by atoms with van der Waals surface area (Å²) in [5.74, 6) is 1.04. The topological polar surface area (TPSA) is 53.6 Å². The summed E-state index contributed by atoms with van der Waals surface area (Å²) in [4.78, 5) is 4.23. The summed E-state index contributed by atoms with van der Waals surface area (Å²) >= 11 is 0. The van der Waals surface area contributed by atoms with E-state index < -0.39 is 0 Å². The van der Waals surface area contributed by atoms with Crippen LogP contribution in [0, 0.1) is 11.3 Å². The van der Waals surface area contributed by atoms with Crippen molar-refractivity contribution in [3.63, 3.8) is 0 Å². The van der Waals surface area contributed by atoms with Gasteiger partial charge in [0.15, 0.2) is 0 Å². The van der Waals surface area contributed by atoms with Crippen molar-refractivity contribution in [1.29, 1.82) is 5.26 Å². The zero-order chi connectivity index (χ0) is 10.6. The molecule has 0 aliphatic heterocycles. The molecule has 1 aromatic heterocycles. The molecular formula is C10H16N4.